The predicted molar refractivity (Wildman–Crippen MR) is 182 cm³/mol. The lowest BCUT2D eigenvalue weighted by Crippen LogP contribution is -2.42. The Labute approximate surface area is 280 Å². The summed E-state index contributed by atoms with van der Waals surface area (Å²) in [5, 5.41) is 20.8. The SMILES string of the molecule is CS(=O)(=O)N1CCc2c(c(-c3ccc(Cl)c(-c4ccc(CNCc5ccc(Cl)cc5)cc4)c3)nn2C[C@H](O)CN2CCOCC2)C1. The first-order valence-corrected chi connectivity index (χ1v) is 18.1. The van der Waals surface area contributed by atoms with Crippen molar-refractivity contribution in [1.82, 2.24) is 24.3 Å². The zero-order valence-corrected chi connectivity index (χ0v) is 28.2. The molecule has 1 fully saturated rings. The Morgan fingerprint density at radius 3 is 2.24 bits per heavy atom. The van der Waals surface area contributed by atoms with Gasteiger partial charge in [-0.25, -0.2) is 8.42 Å². The Bertz CT molecular complexity index is 1760. The van der Waals surface area contributed by atoms with E-state index in [2.05, 4.69) is 34.5 Å². The van der Waals surface area contributed by atoms with Crippen LogP contribution in [-0.4, -0.2) is 84.3 Å². The van der Waals surface area contributed by atoms with E-state index in [0.29, 0.717) is 56.5 Å². The highest BCUT2D eigenvalue weighted by atomic mass is 35.5. The van der Waals surface area contributed by atoms with Gasteiger partial charge < -0.3 is 15.2 Å². The minimum Gasteiger partial charge on any atom is -0.390 e. The molecule has 1 atom stereocenters. The highest BCUT2D eigenvalue weighted by Crippen LogP contribution is 2.36. The van der Waals surface area contributed by atoms with Gasteiger partial charge in [0.05, 0.1) is 37.8 Å². The van der Waals surface area contributed by atoms with E-state index in [1.165, 1.54) is 16.1 Å². The molecule has 12 heteroatoms. The fourth-order valence-corrected chi connectivity index (χ4v) is 7.26. The van der Waals surface area contributed by atoms with Crippen molar-refractivity contribution in [2.75, 3.05) is 45.6 Å². The number of aliphatic hydroxyl groups is 1. The van der Waals surface area contributed by atoms with E-state index < -0.39 is 16.1 Å². The molecule has 6 rings (SSSR count). The lowest BCUT2D eigenvalue weighted by molar-refractivity contribution is 0.0106. The van der Waals surface area contributed by atoms with Crippen LogP contribution in [-0.2, 0) is 47.4 Å². The molecule has 1 aromatic heterocycles. The maximum absolute atomic E-state index is 12.5. The van der Waals surface area contributed by atoms with Gasteiger partial charge in [-0.15, -0.1) is 0 Å². The number of aliphatic hydroxyl groups excluding tert-OH is 1. The Morgan fingerprint density at radius 1 is 0.913 bits per heavy atom. The third-order valence-electron chi connectivity index (χ3n) is 8.60. The van der Waals surface area contributed by atoms with Gasteiger partial charge in [-0.2, -0.15) is 9.40 Å². The molecule has 3 aromatic carbocycles. The number of β-amino-alcohol motifs (C(OH)–C–C–N with tert-alkyl or cyclic N) is 1. The second kappa shape index (κ2) is 14.5. The standard InChI is InChI=1S/C34H39Cl2N5O4S/c1-46(43,44)40-13-12-33-31(23-40)34(38-41(33)22-29(42)21-39-14-16-45-17-15-39)27-8-11-32(36)30(18-27)26-6-2-24(3-7-26)19-37-20-25-4-9-28(35)10-5-25/h2-11,18,29,37,42H,12-17,19-23H2,1H3/t29-/m1/s1. The van der Waals surface area contributed by atoms with Gasteiger partial charge in [0.2, 0.25) is 10.0 Å². The fraction of sp³-hybridized carbons (Fsp3) is 0.382. The Morgan fingerprint density at radius 2 is 1.57 bits per heavy atom. The quantitative estimate of drug-likeness (QED) is 0.234. The molecule has 244 valence electrons. The maximum atomic E-state index is 12.5. The average molecular weight is 685 g/mol. The molecule has 3 heterocycles. The highest BCUT2D eigenvalue weighted by molar-refractivity contribution is 7.88. The summed E-state index contributed by atoms with van der Waals surface area (Å²) in [4.78, 5) is 2.20. The molecule has 0 bridgehead atoms. The number of nitrogens with one attached hydrogen (secondary N) is 1. The van der Waals surface area contributed by atoms with Gasteiger partial charge in [0.25, 0.3) is 0 Å². The Hall–Kier alpha value is -2.80. The van der Waals surface area contributed by atoms with Crippen LogP contribution >= 0.6 is 23.2 Å². The van der Waals surface area contributed by atoms with Gasteiger partial charge in [0, 0.05) is 84.7 Å². The summed E-state index contributed by atoms with van der Waals surface area (Å²) in [5.74, 6) is 0. The van der Waals surface area contributed by atoms with Crippen molar-refractivity contribution in [1.29, 1.82) is 0 Å². The van der Waals surface area contributed by atoms with Gasteiger partial charge in [-0.05, 0) is 41.0 Å². The van der Waals surface area contributed by atoms with Crippen LogP contribution < -0.4 is 5.32 Å². The van der Waals surface area contributed by atoms with Crippen molar-refractivity contribution < 1.29 is 18.3 Å². The molecule has 0 saturated carbocycles. The number of ether oxygens (including phenoxy) is 1. The van der Waals surface area contributed by atoms with Crippen molar-refractivity contribution in [2.45, 2.75) is 38.7 Å². The van der Waals surface area contributed by atoms with E-state index in [1.54, 1.807) is 0 Å². The summed E-state index contributed by atoms with van der Waals surface area (Å²) in [6, 6.07) is 21.9. The predicted octanol–water partition coefficient (Wildman–Crippen LogP) is 4.82. The van der Waals surface area contributed by atoms with Crippen molar-refractivity contribution in [3.05, 3.63) is 99.2 Å². The maximum Gasteiger partial charge on any atom is 0.211 e. The van der Waals surface area contributed by atoms with Crippen molar-refractivity contribution in [3.63, 3.8) is 0 Å². The molecule has 4 aromatic rings. The van der Waals surface area contributed by atoms with Crippen molar-refractivity contribution >= 4 is 33.2 Å². The number of nitrogens with zero attached hydrogens (tertiary/aromatic N) is 4. The summed E-state index contributed by atoms with van der Waals surface area (Å²) in [7, 11) is -3.39. The summed E-state index contributed by atoms with van der Waals surface area (Å²) in [6.45, 7) is 5.83. The van der Waals surface area contributed by atoms with E-state index in [-0.39, 0.29) is 6.54 Å². The summed E-state index contributed by atoms with van der Waals surface area (Å²) < 4.78 is 33.9. The van der Waals surface area contributed by atoms with Crippen LogP contribution in [0.2, 0.25) is 10.0 Å². The molecular formula is C34H39Cl2N5O4S. The van der Waals surface area contributed by atoms with Crippen LogP contribution in [0.25, 0.3) is 22.4 Å². The van der Waals surface area contributed by atoms with Crippen molar-refractivity contribution in [2.24, 2.45) is 0 Å². The normalized spacial score (nSPS) is 16.8. The number of aromatic nitrogens is 2. The van der Waals surface area contributed by atoms with Gasteiger partial charge in [-0.3, -0.25) is 9.58 Å². The monoisotopic (exact) mass is 683 g/mol. The molecule has 46 heavy (non-hydrogen) atoms. The van der Waals surface area contributed by atoms with Crippen LogP contribution in [0.15, 0.2) is 66.7 Å². The lowest BCUT2D eigenvalue weighted by Gasteiger charge is -2.29. The lowest BCUT2D eigenvalue weighted by atomic mass is 9.97. The second-order valence-corrected chi connectivity index (χ2v) is 14.8. The van der Waals surface area contributed by atoms with Gasteiger partial charge in [-0.1, -0.05) is 65.7 Å². The van der Waals surface area contributed by atoms with Gasteiger partial charge in [0.1, 0.15) is 0 Å². The Balaban J connectivity index is 1.23. The molecule has 9 nitrogen and oxygen atoms in total. The molecule has 2 aliphatic heterocycles. The Kier molecular flexibility index (Phi) is 10.5. The molecule has 0 unspecified atom stereocenters. The summed E-state index contributed by atoms with van der Waals surface area (Å²) in [6.07, 6.45) is 1.14. The number of hydrogen-bond acceptors (Lipinski definition) is 7. The molecular weight excluding hydrogens is 645 g/mol. The molecule has 0 spiro atoms. The molecule has 0 radical (unpaired) electrons. The topological polar surface area (TPSA) is 99.9 Å². The fourth-order valence-electron chi connectivity index (χ4n) is 6.12. The van der Waals surface area contributed by atoms with Crippen LogP contribution in [0.5, 0.6) is 0 Å². The minimum atomic E-state index is -3.39. The third kappa shape index (κ3) is 8.00. The number of halogens is 2. The number of hydrogen-bond donors (Lipinski definition) is 2. The first kappa shape index (κ1) is 33.1. The van der Waals surface area contributed by atoms with Gasteiger partial charge in [0.15, 0.2) is 0 Å². The molecule has 2 N–H and O–H groups in total. The zero-order valence-electron chi connectivity index (χ0n) is 25.8. The number of rotatable bonds is 11. The van der Waals surface area contributed by atoms with E-state index in [9.17, 15) is 13.5 Å². The van der Waals surface area contributed by atoms with Crippen LogP contribution in [0.3, 0.4) is 0 Å². The highest BCUT2D eigenvalue weighted by Gasteiger charge is 2.30. The van der Waals surface area contributed by atoms with Crippen LogP contribution in [0.1, 0.15) is 22.4 Å². The minimum absolute atomic E-state index is 0.235. The smallest absolute Gasteiger partial charge is 0.211 e. The number of morpholine rings is 1. The molecule has 1 saturated heterocycles. The van der Waals surface area contributed by atoms with E-state index >= 15 is 0 Å². The molecule has 0 amide bonds. The number of fused-ring (bicyclic) bond motifs is 1. The van der Waals surface area contributed by atoms with E-state index in [4.69, 9.17) is 33.0 Å². The number of sulfonamides is 1. The number of benzene rings is 3. The third-order valence-corrected chi connectivity index (χ3v) is 10.4. The van der Waals surface area contributed by atoms with E-state index in [1.807, 2.05) is 47.1 Å². The first-order valence-electron chi connectivity index (χ1n) is 15.5. The first-order chi connectivity index (χ1) is 22.1. The summed E-state index contributed by atoms with van der Waals surface area (Å²) >= 11 is 12.7. The average Bonchev–Trinajstić information content (AvgIpc) is 3.40. The van der Waals surface area contributed by atoms with Crippen LogP contribution in [0.4, 0.5) is 0 Å². The van der Waals surface area contributed by atoms with E-state index in [0.717, 1.165) is 58.2 Å². The van der Waals surface area contributed by atoms with Gasteiger partial charge >= 0.3 is 0 Å². The second-order valence-electron chi connectivity index (χ2n) is 12.0. The van der Waals surface area contributed by atoms with Crippen molar-refractivity contribution in [3.8, 4) is 22.4 Å². The molecule has 2 aliphatic rings. The largest absolute Gasteiger partial charge is 0.390 e. The van der Waals surface area contributed by atoms with Crippen LogP contribution in [0, 0.1) is 0 Å². The summed E-state index contributed by atoms with van der Waals surface area (Å²) in [5.41, 5.74) is 7.54. The zero-order chi connectivity index (χ0) is 32.3. The molecule has 0 aliphatic carbocycles.